The van der Waals surface area contributed by atoms with Gasteiger partial charge in [-0.05, 0) is 47.9 Å². The Hall–Kier alpha value is -0.980. The molecule has 1 saturated carbocycles. The lowest BCUT2D eigenvalue weighted by Crippen LogP contribution is -2.06. The van der Waals surface area contributed by atoms with E-state index in [9.17, 15) is 0 Å². The van der Waals surface area contributed by atoms with E-state index in [4.69, 9.17) is 23.2 Å². The molecule has 2 atom stereocenters. The van der Waals surface area contributed by atoms with Crippen LogP contribution in [0.1, 0.15) is 42.2 Å². The van der Waals surface area contributed by atoms with Crippen molar-refractivity contribution in [2.45, 2.75) is 31.1 Å². The van der Waals surface area contributed by atoms with Gasteiger partial charge in [-0.1, -0.05) is 66.0 Å². The lowest BCUT2D eigenvalue weighted by Gasteiger charge is -2.22. The van der Waals surface area contributed by atoms with Crippen LogP contribution in [0.4, 0.5) is 0 Å². The van der Waals surface area contributed by atoms with Gasteiger partial charge >= 0.3 is 0 Å². The molecule has 0 unspecified atom stereocenters. The number of halogens is 2. The van der Waals surface area contributed by atoms with Crippen molar-refractivity contribution in [3.05, 3.63) is 69.7 Å². The van der Waals surface area contributed by atoms with Gasteiger partial charge in [0.1, 0.15) is 0 Å². The van der Waals surface area contributed by atoms with Crippen LogP contribution in [0.15, 0.2) is 48.5 Å². The third-order valence-corrected chi connectivity index (χ3v) is 4.81. The standard InChI is InChI=1S/C17H16Cl2/c18-16-10-3-1-6-14(16)12-8-5-9-13(12)15-7-2-4-11-17(15)19/h1-4,6-7,10-13H,5,8-9H2/t12-,13+. The molecule has 1 aliphatic carbocycles. The highest BCUT2D eigenvalue weighted by atomic mass is 35.5. The van der Waals surface area contributed by atoms with Gasteiger partial charge in [-0.25, -0.2) is 0 Å². The van der Waals surface area contributed by atoms with Crippen LogP contribution in [0.3, 0.4) is 0 Å². The molecule has 1 aliphatic rings. The van der Waals surface area contributed by atoms with Crippen LogP contribution in [0, 0.1) is 0 Å². The molecular weight excluding hydrogens is 275 g/mol. The zero-order valence-corrected chi connectivity index (χ0v) is 12.2. The molecule has 2 aromatic rings. The van der Waals surface area contributed by atoms with Gasteiger partial charge in [0.15, 0.2) is 0 Å². The third-order valence-electron chi connectivity index (χ3n) is 4.13. The van der Waals surface area contributed by atoms with E-state index in [-0.39, 0.29) is 0 Å². The predicted molar refractivity (Wildman–Crippen MR) is 82.2 cm³/mol. The molecule has 0 amide bonds. The largest absolute Gasteiger partial charge is 0.0840 e. The molecule has 0 heterocycles. The predicted octanol–water partition coefficient (Wildman–Crippen LogP) is 6.04. The van der Waals surface area contributed by atoms with E-state index in [1.165, 1.54) is 30.4 Å². The van der Waals surface area contributed by atoms with Crippen molar-refractivity contribution in [2.24, 2.45) is 0 Å². The van der Waals surface area contributed by atoms with E-state index < -0.39 is 0 Å². The maximum atomic E-state index is 6.36. The van der Waals surface area contributed by atoms with E-state index in [0.29, 0.717) is 11.8 Å². The Morgan fingerprint density at radius 3 is 1.53 bits per heavy atom. The fourth-order valence-corrected chi connectivity index (χ4v) is 3.81. The van der Waals surface area contributed by atoms with Crippen LogP contribution in [-0.2, 0) is 0 Å². The highest BCUT2D eigenvalue weighted by Crippen LogP contribution is 2.48. The van der Waals surface area contributed by atoms with Gasteiger partial charge in [-0.3, -0.25) is 0 Å². The second-order valence-corrected chi connectivity index (χ2v) is 6.00. The molecule has 0 nitrogen and oxygen atoms in total. The van der Waals surface area contributed by atoms with Crippen molar-refractivity contribution in [1.82, 2.24) is 0 Å². The molecule has 1 fully saturated rings. The number of hydrogen-bond donors (Lipinski definition) is 0. The van der Waals surface area contributed by atoms with E-state index in [1.54, 1.807) is 0 Å². The van der Waals surface area contributed by atoms with Crippen LogP contribution in [-0.4, -0.2) is 0 Å². The van der Waals surface area contributed by atoms with Crippen LogP contribution >= 0.6 is 23.2 Å². The fraction of sp³-hybridized carbons (Fsp3) is 0.294. The summed E-state index contributed by atoms with van der Waals surface area (Å²) < 4.78 is 0. The summed E-state index contributed by atoms with van der Waals surface area (Å²) in [6.45, 7) is 0. The molecule has 3 rings (SSSR count). The Labute approximate surface area is 124 Å². The molecule has 0 radical (unpaired) electrons. The summed E-state index contributed by atoms with van der Waals surface area (Å²) in [4.78, 5) is 0. The SMILES string of the molecule is Clc1ccccc1[C@H]1CCC[C@H]1c1ccccc1Cl. The molecule has 0 N–H and O–H groups in total. The lowest BCUT2D eigenvalue weighted by molar-refractivity contribution is 0.624. The Bertz CT molecular complexity index is 525. The first kappa shape index (κ1) is 13.0. The minimum Gasteiger partial charge on any atom is -0.0840 e. The quantitative estimate of drug-likeness (QED) is 0.632. The Balaban J connectivity index is 1.99. The highest BCUT2D eigenvalue weighted by molar-refractivity contribution is 6.31. The first-order chi connectivity index (χ1) is 9.27. The maximum absolute atomic E-state index is 6.36. The molecule has 0 aromatic heterocycles. The van der Waals surface area contributed by atoms with Crippen molar-refractivity contribution in [2.75, 3.05) is 0 Å². The van der Waals surface area contributed by atoms with Gasteiger partial charge in [-0.2, -0.15) is 0 Å². The maximum Gasteiger partial charge on any atom is 0.0441 e. The normalized spacial score (nSPS) is 22.6. The van der Waals surface area contributed by atoms with Crippen molar-refractivity contribution >= 4 is 23.2 Å². The highest BCUT2D eigenvalue weighted by Gasteiger charge is 2.31. The first-order valence-electron chi connectivity index (χ1n) is 6.76. The lowest BCUT2D eigenvalue weighted by atomic mass is 9.84. The van der Waals surface area contributed by atoms with Crippen LogP contribution in [0.25, 0.3) is 0 Å². The van der Waals surface area contributed by atoms with Crippen molar-refractivity contribution in [3.63, 3.8) is 0 Å². The monoisotopic (exact) mass is 290 g/mol. The Morgan fingerprint density at radius 2 is 1.11 bits per heavy atom. The van der Waals surface area contributed by atoms with Gasteiger partial charge in [0.25, 0.3) is 0 Å². The summed E-state index contributed by atoms with van der Waals surface area (Å²) in [6.07, 6.45) is 3.63. The summed E-state index contributed by atoms with van der Waals surface area (Å²) >= 11 is 12.7. The average molecular weight is 291 g/mol. The number of rotatable bonds is 2. The molecule has 2 heteroatoms. The molecule has 0 aliphatic heterocycles. The molecule has 98 valence electrons. The Kier molecular flexibility index (Phi) is 3.81. The molecule has 0 spiro atoms. The summed E-state index contributed by atoms with van der Waals surface area (Å²) in [5, 5.41) is 1.76. The second-order valence-electron chi connectivity index (χ2n) is 5.19. The average Bonchev–Trinajstić information content (AvgIpc) is 2.89. The van der Waals surface area contributed by atoms with Crippen molar-refractivity contribution < 1.29 is 0 Å². The molecular formula is C17H16Cl2. The van der Waals surface area contributed by atoms with Crippen LogP contribution < -0.4 is 0 Å². The minimum atomic E-state index is 0.494. The summed E-state index contributed by atoms with van der Waals surface area (Å²) in [5.41, 5.74) is 2.54. The molecule has 0 bridgehead atoms. The molecule has 0 saturated heterocycles. The minimum absolute atomic E-state index is 0.494. The second kappa shape index (κ2) is 5.56. The van der Waals surface area contributed by atoms with Gasteiger partial charge in [0.05, 0.1) is 0 Å². The number of benzene rings is 2. The topological polar surface area (TPSA) is 0 Å². The number of hydrogen-bond acceptors (Lipinski definition) is 0. The van der Waals surface area contributed by atoms with E-state index >= 15 is 0 Å². The fourth-order valence-electron chi connectivity index (χ4n) is 3.26. The molecule has 2 aromatic carbocycles. The van der Waals surface area contributed by atoms with Crippen LogP contribution in [0.2, 0.25) is 10.0 Å². The third kappa shape index (κ3) is 2.52. The van der Waals surface area contributed by atoms with Gasteiger partial charge < -0.3 is 0 Å². The zero-order valence-electron chi connectivity index (χ0n) is 10.7. The van der Waals surface area contributed by atoms with Crippen molar-refractivity contribution in [1.29, 1.82) is 0 Å². The van der Waals surface area contributed by atoms with Gasteiger partial charge in [0.2, 0.25) is 0 Å². The molecule has 19 heavy (non-hydrogen) atoms. The van der Waals surface area contributed by atoms with Crippen molar-refractivity contribution in [3.8, 4) is 0 Å². The van der Waals surface area contributed by atoms with Gasteiger partial charge in [-0.15, -0.1) is 0 Å². The zero-order chi connectivity index (χ0) is 13.2. The first-order valence-corrected chi connectivity index (χ1v) is 7.52. The van der Waals surface area contributed by atoms with E-state index in [1.807, 2.05) is 24.3 Å². The summed E-state index contributed by atoms with van der Waals surface area (Å²) in [7, 11) is 0. The summed E-state index contributed by atoms with van der Waals surface area (Å²) in [6, 6.07) is 16.4. The van der Waals surface area contributed by atoms with E-state index in [0.717, 1.165) is 10.0 Å². The van der Waals surface area contributed by atoms with E-state index in [2.05, 4.69) is 24.3 Å². The van der Waals surface area contributed by atoms with Gasteiger partial charge in [0, 0.05) is 10.0 Å². The Morgan fingerprint density at radius 1 is 0.684 bits per heavy atom. The smallest absolute Gasteiger partial charge is 0.0441 e. The summed E-state index contributed by atoms with van der Waals surface area (Å²) in [5.74, 6) is 0.988. The van der Waals surface area contributed by atoms with Crippen LogP contribution in [0.5, 0.6) is 0 Å².